The second-order valence-corrected chi connectivity index (χ2v) is 3.51. The Balaban J connectivity index is 2.39. The second kappa shape index (κ2) is 4.01. The predicted octanol–water partition coefficient (Wildman–Crippen LogP) is 0.324. The van der Waals surface area contributed by atoms with Crippen LogP contribution in [0.1, 0.15) is 26.7 Å². The zero-order valence-corrected chi connectivity index (χ0v) is 7.71. The van der Waals surface area contributed by atoms with Gasteiger partial charge in [0.1, 0.15) is 6.10 Å². The summed E-state index contributed by atoms with van der Waals surface area (Å²) < 4.78 is 0. The van der Waals surface area contributed by atoms with E-state index < -0.39 is 6.10 Å². The quantitative estimate of drug-likeness (QED) is 0.640. The monoisotopic (exact) mass is 171 g/mol. The number of aliphatic hydroxyl groups excluding tert-OH is 1. The van der Waals surface area contributed by atoms with Gasteiger partial charge in [0.15, 0.2) is 5.78 Å². The Morgan fingerprint density at radius 3 is 2.67 bits per heavy atom. The average Bonchev–Trinajstić information content (AvgIpc) is 1.98. The maximum Gasteiger partial charge on any atom is 0.165 e. The van der Waals surface area contributed by atoms with Crippen molar-refractivity contribution in [2.24, 2.45) is 5.92 Å². The van der Waals surface area contributed by atoms with E-state index in [4.69, 9.17) is 0 Å². The molecule has 12 heavy (non-hydrogen) atoms. The van der Waals surface area contributed by atoms with Crippen molar-refractivity contribution < 1.29 is 9.90 Å². The van der Waals surface area contributed by atoms with Crippen LogP contribution in [0, 0.1) is 5.92 Å². The van der Waals surface area contributed by atoms with E-state index in [0.29, 0.717) is 0 Å². The molecule has 1 fully saturated rings. The molecule has 3 atom stereocenters. The van der Waals surface area contributed by atoms with Gasteiger partial charge in [-0.2, -0.15) is 0 Å². The maximum absolute atomic E-state index is 11.4. The molecule has 1 aliphatic heterocycles. The highest BCUT2D eigenvalue weighted by molar-refractivity contribution is 5.85. The molecular formula is C9H17NO2. The Kier molecular flexibility index (Phi) is 3.23. The van der Waals surface area contributed by atoms with Crippen molar-refractivity contribution in [2.45, 2.75) is 38.8 Å². The number of carbonyl (C=O) groups excluding carboxylic acids is 1. The fourth-order valence-corrected chi connectivity index (χ4v) is 1.27. The van der Waals surface area contributed by atoms with Crippen molar-refractivity contribution in [3.05, 3.63) is 0 Å². The summed E-state index contributed by atoms with van der Waals surface area (Å²) in [6.45, 7) is 4.75. The molecule has 3 nitrogen and oxygen atoms in total. The summed E-state index contributed by atoms with van der Waals surface area (Å²) in [5.74, 6) is -0.0305. The molecular weight excluding hydrogens is 154 g/mol. The highest BCUT2D eigenvalue weighted by Gasteiger charge is 2.31. The number of hydrogen-bond acceptors (Lipinski definition) is 3. The van der Waals surface area contributed by atoms with E-state index in [-0.39, 0.29) is 17.7 Å². The number of aliphatic hydroxyl groups is 1. The van der Waals surface area contributed by atoms with Gasteiger partial charge in [-0.1, -0.05) is 13.8 Å². The molecule has 0 bridgehead atoms. The van der Waals surface area contributed by atoms with Crippen LogP contribution in [0.5, 0.6) is 0 Å². The first-order valence-corrected chi connectivity index (χ1v) is 4.62. The Morgan fingerprint density at radius 1 is 1.75 bits per heavy atom. The fourth-order valence-electron chi connectivity index (χ4n) is 1.27. The Morgan fingerprint density at radius 2 is 2.33 bits per heavy atom. The maximum atomic E-state index is 11.4. The molecule has 1 heterocycles. The van der Waals surface area contributed by atoms with Crippen molar-refractivity contribution in [3.8, 4) is 0 Å². The lowest BCUT2D eigenvalue weighted by Crippen LogP contribution is -2.54. The van der Waals surface area contributed by atoms with Gasteiger partial charge in [-0.25, -0.2) is 0 Å². The summed E-state index contributed by atoms with van der Waals surface area (Å²) in [4.78, 5) is 11.4. The molecule has 0 aromatic carbocycles. The van der Waals surface area contributed by atoms with Crippen LogP contribution in [0.4, 0.5) is 0 Å². The second-order valence-electron chi connectivity index (χ2n) is 3.51. The van der Waals surface area contributed by atoms with Crippen LogP contribution in [0.25, 0.3) is 0 Å². The van der Waals surface area contributed by atoms with Crippen molar-refractivity contribution in [1.82, 2.24) is 5.32 Å². The normalized spacial score (nSPS) is 27.4. The lowest BCUT2D eigenvalue weighted by atomic mass is 9.91. The van der Waals surface area contributed by atoms with Crippen molar-refractivity contribution >= 4 is 5.78 Å². The zero-order chi connectivity index (χ0) is 9.14. The lowest BCUT2D eigenvalue weighted by molar-refractivity contribution is -0.133. The van der Waals surface area contributed by atoms with E-state index in [1.165, 1.54) is 0 Å². The minimum atomic E-state index is -0.784. The third-order valence-electron chi connectivity index (χ3n) is 2.63. The molecule has 3 heteroatoms. The van der Waals surface area contributed by atoms with E-state index in [0.717, 1.165) is 19.4 Å². The number of rotatable bonds is 4. The van der Waals surface area contributed by atoms with Crippen LogP contribution in [0.2, 0.25) is 0 Å². The van der Waals surface area contributed by atoms with E-state index in [2.05, 4.69) is 5.32 Å². The minimum Gasteiger partial charge on any atom is -0.384 e. The van der Waals surface area contributed by atoms with Crippen molar-refractivity contribution in [2.75, 3.05) is 6.54 Å². The fraction of sp³-hybridized carbons (Fsp3) is 0.889. The molecule has 3 unspecified atom stereocenters. The molecule has 0 amide bonds. The van der Waals surface area contributed by atoms with Gasteiger partial charge in [0.25, 0.3) is 0 Å². The first-order valence-electron chi connectivity index (χ1n) is 4.62. The summed E-state index contributed by atoms with van der Waals surface area (Å²) in [6.07, 6.45) is 0.945. The van der Waals surface area contributed by atoms with Gasteiger partial charge in [-0.15, -0.1) is 0 Å². The highest BCUT2D eigenvalue weighted by atomic mass is 16.3. The molecule has 0 spiro atoms. The number of hydrogen-bond donors (Lipinski definition) is 2. The molecule has 1 aliphatic rings. The zero-order valence-electron chi connectivity index (χ0n) is 7.71. The van der Waals surface area contributed by atoms with Crippen LogP contribution < -0.4 is 5.32 Å². The standard InChI is InChI=1S/C9H17NO2/c1-3-6(2)8(11)9(12)7-4-5-10-7/h6-7,9-10,12H,3-5H2,1-2H3. The van der Waals surface area contributed by atoms with Crippen molar-refractivity contribution in [1.29, 1.82) is 0 Å². The van der Waals surface area contributed by atoms with Crippen LogP contribution in [-0.4, -0.2) is 29.6 Å². The smallest absolute Gasteiger partial charge is 0.165 e. The minimum absolute atomic E-state index is 0.0117. The van der Waals surface area contributed by atoms with Gasteiger partial charge in [0, 0.05) is 12.0 Å². The van der Waals surface area contributed by atoms with Gasteiger partial charge in [0.2, 0.25) is 0 Å². The SMILES string of the molecule is CCC(C)C(=O)C(O)C1CCN1. The predicted molar refractivity (Wildman–Crippen MR) is 46.9 cm³/mol. The average molecular weight is 171 g/mol. The van der Waals surface area contributed by atoms with Gasteiger partial charge in [-0.3, -0.25) is 4.79 Å². The summed E-state index contributed by atoms with van der Waals surface area (Å²) >= 11 is 0. The lowest BCUT2D eigenvalue weighted by Gasteiger charge is -2.32. The van der Waals surface area contributed by atoms with Crippen LogP contribution >= 0.6 is 0 Å². The number of ketones is 1. The van der Waals surface area contributed by atoms with Gasteiger partial charge < -0.3 is 10.4 Å². The Labute approximate surface area is 73.2 Å². The van der Waals surface area contributed by atoms with Crippen LogP contribution in [0.3, 0.4) is 0 Å². The van der Waals surface area contributed by atoms with E-state index in [1.54, 1.807) is 0 Å². The number of nitrogens with one attached hydrogen (secondary N) is 1. The van der Waals surface area contributed by atoms with Gasteiger partial charge in [0.05, 0.1) is 0 Å². The largest absolute Gasteiger partial charge is 0.384 e. The first kappa shape index (κ1) is 9.68. The molecule has 0 aliphatic carbocycles. The molecule has 2 N–H and O–H groups in total. The number of Topliss-reactive ketones (excluding diaryl/α,β-unsaturated/α-hetero) is 1. The molecule has 0 saturated carbocycles. The summed E-state index contributed by atoms with van der Waals surface area (Å²) in [5, 5.41) is 12.6. The van der Waals surface area contributed by atoms with Crippen LogP contribution in [0.15, 0.2) is 0 Å². The topological polar surface area (TPSA) is 49.3 Å². The van der Waals surface area contributed by atoms with Crippen molar-refractivity contribution in [3.63, 3.8) is 0 Å². The number of carbonyl (C=O) groups is 1. The van der Waals surface area contributed by atoms with E-state index >= 15 is 0 Å². The third-order valence-corrected chi connectivity index (χ3v) is 2.63. The van der Waals surface area contributed by atoms with Crippen LogP contribution in [-0.2, 0) is 4.79 Å². The Bertz CT molecular complexity index is 166. The third kappa shape index (κ3) is 1.84. The van der Waals surface area contributed by atoms with E-state index in [1.807, 2.05) is 13.8 Å². The van der Waals surface area contributed by atoms with Gasteiger partial charge >= 0.3 is 0 Å². The van der Waals surface area contributed by atoms with E-state index in [9.17, 15) is 9.90 Å². The first-order chi connectivity index (χ1) is 5.66. The summed E-state index contributed by atoms with van der Waals surface area (Å²) in [6, 6.07) is 0.0199. The molecule has 70 valence electrons. The highest BCUT2D eigenvalue weighted by Crippen LogP contribution is 2.13. The summed E-state index contributed by atoms with van der Waals surface area (Å²) in [7, 11) is 0. The molecule has 1 rings (SSSR count). The molecule has 0 radical (unpaired) electrons. The Hall–Kier alpha value is -0.410. The summed E-state index contributed by atoms with van der Waals surface area (Å²) in [5.41, 5.74) is 0. The molecule has 1 saturated heterocycles. The molecule has 0 aromatic heterocycles. The molecule has 0 aromatic rings. The van der Waals surface area contributed by atoms with Gasteiger partial charge in [-0.05, 0) is 19.4 Å².